The first kappa shape index (κ1) is 21.3. The number of rotatable bonds is 4. The van der Waals surface area contributed by atoms with Gasteiger partial charge in [0, 0.05) is 28.4 Å². The van der Waals surface area contributed by atoms with Gasteiger partial charge >= 0.3 is 23.1 Å². The summed E-state index contributed by atoms with van der Waals surface area (Å²) in [6.45, 7) is 0. The summed E-state index contributed by atoms with van der Waals surface area (Å²) in [6, 6.07) is 0. The molecular weight excluding hydrogens is 262 g/mol. The molecule has 0 aliphatic heterocycles. The normalized spacial score (nSPS) is 11.1. The number of phosphoric ester groups is 2. The minimum Gasteiger partial charge on any atom is -0.756 e. The van der Waals surface area contributed by atoms with E-state index in [0.717, 1.165) is 28.4 Å². The summed E-state index contributed by atoms with van der Waals surface area (Å²) in [6.07, 6.45) is 0. The number of hydrogen-bond donors (Lipinski definition) is 0. The fourth-order valence-corrected chi connectivity index (χ4v) is 0.447. The van der Waals surface area contributed by atoms with E-state index >= 15 is 0 Å². The topological polar surface area (TPSA) is 117 Å². The van der Waals surface area contributed by atoms with Gasteiger partial charge in [-0.25, -0.2) is 0 Å². The van der Waals surface area contributed by atoms with Gasteiger partial charge in [0.05, 0.1) is 0 Å². The van der Waals surface area contributed by atoms with Crippen LogP contribution in [-0.4, -0.2) is 51.5 Å². The maximum Gasteiger partial charge on any atom is 2.00 e. The minimum atomic E-state index is -3.90. The molecule has 11 heteroatoms. The molecule has 0 heterocycles. The Bertz CT molecular complexity index is 193. The van der Waals surface area contributed by atoms with Crippen LogP contribution >= 0.6 is 15.6 Å². The standard InChI is InChI=1S/2C2H7O4P.Mg/c2*1-5-7(3,4)6-2;/h2*1-2H3,(H,3,4);/q;;+2/p-2. The Morgan fingerprint density at radius 2 is 0.867 bits per heavy atom. The van der Waals surface area contributed by atoms with Gasteiger partial charge in [-0.1, -0.05) is 0 Å². The fraction of sp³-hybridized carbons (Fsp3) is 1.00. The van der Waals surface area contributed by atoms with Gasteiger partial charge in [0.25, 0.3) is 15.6 Å². The second-order valence-corrected chi connectivity index (χ2v) is 4.87. The Balaban J connectivity index is -0.000000180. The van der Waals surface area contributed by atoms with E-state index in [1.54, 1.807) is 0 Å². The van der Waals surface area contributed by atoms with Gasteiger partial charge in [-0.15, -0.1) is 0 Å². The summed E-state index contributed by atoms with van der Waals surface area (Å²) in [4.78, 5) is 19.9. The van der Waals surface area contributed by atoms with Crippen LogP contribution in [0.5, 0.6) is 0 Å². The average Bonchev–Trinajstić information content (AvgIpc) is 2.19. The molecule has 0 aromatic carbocycles. The molecule has 0 radical (unpaired) electrons. The molecule has 0 unspecified atom stereocenters. The van der Waals surface area contributed by atoms with E-state index in [9.17, 15) is 18.9 Å². The van der Waals surface area contributed by atoms with Crippen molar-refractivity contribution < 1.29 is 37.0 Å². The maximum absolute atomic E-state index is 9.95. The Morgan fingerprint density at radius 3 is 0.867 bits per heavy atom. The molecule has 0 saturated carbocycles. The van der Waals surface area contributed by atoms with Gasteiger partial charge < -0.3 is 27.9 Å². The Kier molecular flexibility index (Phi) is 14.4. The van der Waals surface area contributed by atoms with Crippen molar-refractivity contribution in [3.63, 3.8) is 0 Å². The molecular formula is C4H12MgO8P2. The van der Waals surface area contributed by atoms with Crippen molar-refractivity contribution in [2.75, 3.05) is 28.4 Å². The molecule has 0 aromatic rings. The van der Waals surface area contributed by atoms with Crippen molar-refractivity contribution in [3.8, 4) is 0 Å². The molecule has 88 valence electrons. The van der Waals surface area contributed by atoms with Crippen LogP contribution in [0.4, 0.5) is 0 Å². The van der Waals surface area contributed by atoms with Gasteiger partial charge in [-0.2, -0.15) is 0 Å². The van der Waals surface area contributed by atoms with E-state index < -0.39 is 15.6 Å². The minimum absolute atomic E-state index is 0. The van der Waals surface area contributed by atoms with Crippen molar-refractivity contribution in [1.82, 2.24) is 0 Å². The Hall–Kier alpha value is 0.986. The van der Waals surface area contributed by atoms with Crippen LogP contribution in [0.3, 0.4) is 0 Å². The van der Waals surface area contributed by atoms with Crippen LogP contribution in [-0.2, 0) is 27.2 Å². The van der Waals surface area contributed by atoms with E-state index in [0.29, 0.717) is 0 Å². The van der Waals surface area contributed by atoms with E-state index in [1.807, 2.05) is 0 Å². The largest absolute Gasteiger partial charge is 2.00 e. The van der Waals surface area contributed by atoms with Crippen molar-refractivity contribution in [3.05, 3.63) is 0 Å². The second-order valence-electron chi connectivity index (χ2n) is 1.62. The summed E-state index contributed by atoms with van der Waals surface area (Å²) in [5, 5.41) is 0. The number of hydrogen-bond acceptors (Lipinski definition) is 8. The number of phosphoric acid groups is 2. The quantitative estimate of drug-likeness (QED) is 0.479. The molecule has 0 bridgehead atoms. The summed E-state index contributed by atoms with van der Waals surface area (Å²) in [7, 11) is -3.65. The van der Waals surface area contributed by atoms with Gasteiger partial charge in [0.2, 0.25) is 0 Å². The van der Waals surface area contributed by atoms with Crippen LogP contribution in [0.2, 0.25) is 0 Å². The molecule has 0 atom stereocenters. The van der Waals surface area contributed by atoms with Gasteiger partial charge in [0.1, 0.15) is 0 Å². The fourth-order valence-electron chi connectivity index (χ4n) is 0.149. The van der Waals surface area contributed by atoms with Gasteiger partial charge in [-0.3, -0.25) is 9.13 Å². The summed E-state index contributed by atoms with van der Waals surface area (Å²) < 4.78 is 35.4. The van der Waals surface area contributed by atoms with Gasteiger partial charge in [0.15, 0.2) is 0 Å². The molecule has 15 heavy (non-hydrogen) atoms. The predicted octanol–water partition coefficient (Wildman–Crippen LogP) is -0.886. The summed E-state index contributed by atoms with van der Waals surface area (Å²) in [5.74, 6) is 0. The molecule has 0 aromatic heterocycles. The van der Waals surface area contributed by atoms with Crippen molar-refractivity contribution in [1.29, 1.82) is 0 Å². The van der Waals surface area contributed by atoms with Gasteiger partial charge in [-0.05, 0) is 0 Å². The van der Waals surface area contributed by atoms with Crippen molar-refractivity contribution in [2.24, 2.45) is 0 Å². The molecule has 0 rings (SSSR count). The third-order valence-corrected chi connectivity index (χ3v) is 2.68. The van der Waals surface area contributed by atoms with Crippen LogP contribution in [0.25, 0.3) is 0 Å². The smallest absolute Gasteiger partial charge is 0.756 e. The molecule has 0 aliphatic carbocycles. The first-order chi connectivity index (χ1) is 6.24. The predicted molar refractivity (Wildman–Crippen MR) is 49.0 cm³/mol. The molecule has 8 nitrogen and oxygen atoms in total. The first-order valence-electron chi connectivity index (χ1n) is 3.09. The van der Waals surface area contributed by atoms with Crippen LogP contribution in [0.1, 0.15) is 0 Å². The molecule has 0 spiro atoms. The average molecular weight is 274 g/mol. The molecule has 0 aliphatic rings. The van der Waals surface area contributed by atoms with E-state index in [2.05, 4.69) is 18.1 Å². The maximum atomic E-state index is 9.95. The molecule has 0 fully saturated rings. The molecule has 0 saturated heterocycles. The summed E-state index contributed by atoms with van der Waals surface area (Å²) >= 11 is 0. The summed E-state index contributed by atoms with van der Waals surface area (Å²) in [5.41, 5.74) is 0. The van der Waals surface area contributed by atoms with Crippen molar-refractivity contribution >= 4 is 38.7 Å². The second kappa shape index (κ2) is 10.2. The Labute approximate surface area is 104 Å². The SMILES string of the molecule is COP(=O)([O-])OC.COP(=O)([O-])OC.[Mg+2]. The van der Waals surface area contributed by atoms with Crippen LogP contribution in [0.15, 0.2) is 0 Å². The van der Waals surface area contributed by atoms with Crippen LogP contribution < -0.4 is 9.79 Å². The van der Waals surface area contributed by atoms with E-state index in [-0.39, 0.29) is 23.1 Å². The molecule has 0 N–H and O–H groups in total. The monoisotopic (exact) mass is 274 g/mol. The molecule has 0 amide bonds. The van der Waals surface area contributed by atoms with E-state index in [1.165, 1.54) is 0 Å². The van der Waals surface area contributed by atoms with Crippen molar-refractivity contribution in [2.45, 2.75) is 0 Å². The Morgan fingerprint density at radius 1 is 0.733 bits per heavy atom. The zero-order valence-corrected chi connectivity index (χ0v) is 12.1. The van der Waals surface area contributed by atoms with Crippen LogP contribution in [0, 0.1) is 0 Å². The first-order valence-corrected chi connectivity index (χ1v) is 6.01. The third-order valence-electron chi connectivity index (χ3n) is 0.894. The zero-order chi connectivity index (χ0) is 11.8. The third kappa shape index (κ3) is 15.0. The zero-order valence-electron chi connectivity index (χ0n) is 8.87. The van der Waals surface area contributed by atoms with E-state index in [4.69, 9.17) is 0 Å².